The third-order valence-electron chi connectivity index (χ3n) is 3.69. The van der Waals surface area contributed by atoms with Crippen LogP contribution in [0.1, 0.15) is 16.3 Å². The topological polar surface area (TPSA) is 31.4 Å². The second kappa shape index (κ2) is 9.00. The molecule has 0 amide bonds. The lowest BCUT2D eigenvalue weighted by Gasteiger charge is -2.09. The average Bonchev–Trinajstić information content (AvgIpc) is 3.10. The van der Waals surface area contributed by atoms with Crippen LogP contribution in [0.25, 0.3) is 0 Å². The Morgan fingerprint density at radius 3 is 2.62 bits per heavy atom. The highest BCUT2D eigenvalue weighted by Gasteiger charge is 2.09. The molecule has 0 fully saturated rings. The third-order valence-corrected chi connectivity index (χ3v) is 6.39. The van der Waals surface area contributed by atoms with Crippen LogP contribution in [0.3, 0.4) is 0 Å². The number of thiazole rings is 1. The van der Waals surface area contributed by atoms with E-state index >= 15 is 0 Å². The Kier molecular flexibility index (Phi) is 6.70. The molecule has 0 aliphatic heterocycles. The number of nitrogens with zero attached hydrogens (tertiary/aromatic N) is 1. The third kappa shape index (κ3) is 4.86. The Morgan fingerprint density at radius 1 is 1.04 bits per heavy atom. The summed E-state index contributed by atoms with van der Waals surface area (Å²) in [5.74, 6) is 2.41. The van der Waals surface area contributed by atoms with E-state index in [-0.39, 0.29) is 0 Å². The molecule has 26 heavy (non-hydrogen) atoms. The van der Waals surface area contributed by atoms with Gasteiger partial charge in [0.25, 0.3) is 0 Å². The Hall–Kier alpha value is -1.40. The Morgan fingerprint density at radius 2 is 1.88 bits per heavy atom. The first kappa shape index (κ1) is 19.4. The first-order chi connectivity index (χ1) is 12.6. The summed E-state index contributed by atoms with van der Waals surface area (Å²) in [6, 6.07) is 11.5. The van der Waals surface area contributed by atoms with E-state index in [0.717, 1.165) is 44.8 Å². The molecule has 2 aromatic carbocycles. The van der Waals surface area contributed by atoms with E-state index < -0.39 is 0 Å². The van der Waals surface area contributed by atoms with E-state index in [1.54, 1.807) is 37.3 Å². The van der Waals surface area contributed by atoms with Gasteiger partial charge in [0.05, 0.1) is 39.9 Å². The molecule has 136 valence electrons. The maximum Gasteiger partial charge on any atom is 0.132 e. The summed E-state index contributed by atoms with van der Waals surface area (Å²) in [6.45, 7) is 0. The number of aromatic nitrogens is 1. The molecule has 3 rings (SSSR count). The highest BCUT2D eigenvalue weighted by molar-refractivity contribution is 7.98. The quantitative estimate of drug-likeness (QED) is 0.412. The Balaban J connectivity index is 1.66. The SMILES string of the molecule is COc1ccc(OC)c(SCc2csc(Cc3ccc(Cl)c(Cl)c3)n2)c1. The van der Waals surface area contributed by atoms with Crippen LogP contribution >= 0.6 is 46.3 Å². The van der Waals surface area contributed by atoms with Gasteiger partial charge in [0, 0.05) is 17.6 Å². The fraction of sp³-hybridized carbons (Fsp3) is 0.211. The van der Waals surface area contributed by atoms with Crippen molar-refractivity contribution in [2.45, 2.75) is 17.1 Å². The minimum absolute atomic E-state index is 0.568. The molecule has 0 aliphatic carbocycles. The number of rotatable bonds is 7. The molecule has 0 aliphatic rings. The minimum atomic E-state index is 0.568. The van der Waals surface area contributed by atoms with Crippen molar-refractivity contribution in [2.24, 2.45) is 0 Å². The maximum atomic E-state index is 6.08. The van der Waals surface area contributed by atoms with Crippen molar-refractivity contribution >= 4 is 46.3 Å². The van der Waals surface area contributed by atoms with Crippen molar-refractivity contribution in [3.05, 3.63) is 68.1 Å². The number of hydrogen-bond donors (Lipinski definition) is 0. The van der Waals surface area contributed by atoms with Crippen LogP contribution in [0.5, 0.6) is 11.5 Å². The van der Waals surface area contributed by atoms with Gasteiger partial charge in [-0.3, -0.25) is 0 Å². The number of halogens is 2. The van der Waals surface area contributed by atoms with E-state index in [1.807, 2.05) is 36.4 Å². The Bertz CT molecular complexity index is 899. The van der Waals surface area contributed by atoms with Gasteiger partial charge in [-0.1, -0.05) is 29.3 Å². The van der Waals surface area contributed by atoms with Gasteiger partial charge in [0.2, 0.25) is 0 Å². The van der Waals surface area contributed by atoms with Crippen molar-refractivity contribution in [3.63, 3.8) is 0 Å². The zero-order valence-corrected chi connectivity index (χ0v) is 17.4. The van der Waals surface area contributed by atoms with Crippen LogP contribution < -0.4 is 9.47 Å². The van der Waals surface area contributed by atoms with Crippen LogP contribution in [0.4, 0.5) is 0 Å². The van der Waals surface area contributed by atoms with E-state index in [2.05, 4.69) is 5.38 Å². The molecule has 0 spiro atoms. The smallest absolute Gasteiger partial charge is 0.132 e. The first-order valence-corrected chi connectivity index (χ1v) is 10.4. The molecule has 1 aromatic heterocycles. The second-order valence-electron chi connectivity index (χ2n) is 5.46. The molecule has 0 saturated carbocycles. The summed E-state index contributed by atoms with van der Waals surface area (Å²) in [6.07, 6.45) is 0.745. The van der Waals surface area contributed by atoms with Crippen molar-refractivity contribution in [1.29, 1.82) is 0 Å². The molecule has 3 nitrogen and oxygen atoms in total. The summed E-state index contributed by atoms with van der Waals surface area (Å²) < 4.78 is 10.7. The molecule has 1 heterocycles. The predicted molar refractivity (Wildman–Crippen MR) is 110 cm³/mol. The van der Waals surface area contributed by atoms with Crippen LogP contribution in [0, 0.1) is 0 Å². The van der Waals surface area contributed by atoms with Crippen LogP contribution in [0.2, 0.25) is 10.0 Å². The van der Waals surface area contributed by atoms with Crippen molar-refractivity contribution in [3.8, 4) is 11.5 Å². The average molecular weight is 426 g/mol. The highest BCUT2D eigenvalue weighted by Crippen LogP contribution is 2.35. The van der Waals surface area contributed by atoms with Gasteiger partial charge in [0.15, 0.2) is 0 Å². The van der Waals surface area contributed by atoms with Crippen LogP contribution in [0.15, 0.2) is 46.7 Å². The van der Waals surface area contributed by atoms with E-state index in [9.17, 15) is 0 Å². The molecular weight excluding hydrogens is 409 g/mol. The summed E-state index contributed by atoms with van der Waals surface area (Å²) in [5.41, 5.74) is 2.14. The lowest BCUT2D eigenvalue weighted by molar-refractivity contribution is 0.394. The maximum absolute atomic E-state index is 6.08. The molecular formula is C19H17Cl2NO2S2. The minimum Gasteiger partial charge on any atom is -0.497 e. The van der Waals surface area contributed by atoms with Crippen molar-refractivity contribution < 1.29 is 9.47 Å². The second-order valence-corrected chi connectivity index (χ2v) is 8.24. The number of methoxy groups -OCH3 is 2. The number of benzene rings is 2. The van der Waals surface area contributed by atoms with Gasteiger partial charge in [-0.15, -0.1) is 23.1 Å². The molecule has 0 radical (unpaired) electrons. The zero-order chi connectivity index (χ0) is 18.5. The largest absolute Gasteiger partial charge is 0.497 e. The van der Waals surface area contributed by atoms with Crippen LogP contribution in [-0.2, 0) is 12.2 Å². The lowest BCUT2D eigenvalue weighted by Crippen LogP contribution is -1.91. The number of hydrogen-bond acceptors (Lipinski definition) is 5. The molecule has 7 heteroatoms. The lowest BCUT2D eigenvalue weighted by atomic mass is 10.2. The molecule has 0 atom stereocenters. The summed E-state index contributed by atoms with van der Waals surface area (Å²) in [7, 11) is 3.33. The predicted octanol–water partition coefficient (Wildman–Crippen LogP) is 6.35. The Labute approximate surface area is 171 Å². The molecule has 0 N–H and O–H groups in total. The number of thioether (sulfide) groups is 1. The van der Waals surface area contributed by atoms with Gasteiger partial charge in [-0.05, 0) is 35.9 Å². The summed E-state index contributed by atoms with van der Waals surface area (Å²) in [4.78, 5) is 5.75. The fourth-order valence-corrected chi connectivity index (χ4v) is 4.57. The van der Waals surface area contributed by atoms with Crippen LogP contribution in [-0.4, -0.2) is 19.2 Å². The van der Waals surface area contributed by atoms with Gasteiger partial charge in [-0.2, -0.15) is 0 Å². The van der Waals surface area contributed by atoms with Gasteiger partial charge < -0.3 is 9.47 Å². The van der Waals surface area contributed by atoms with Crippen molar-refractivity contribution in [2.75, 3.05) is 14.2 Å². The normalized spacial score (nSPS) is 10.8. The molecule has 0 bridgehead atoms. The van der Waals surface area contributed by atoms with E-state index in [4.69, 9.17) is 37.7 Å². The first-order valence-electron chi connectivity index (χ1n) is 7.81. The standard InChI is InChI=1S/C19H17Cl2NO2S2/c1-23-14-4-6-17(24-2)18(9-14)25-10-13-11-26-19(22-13)8-12-3-5-15(20)16(21)7-12/h3-7,9,11H,8,10H2,1-2H3. The van der Waals surface area contributed by atoms with Crippen molar-refractivity contribution in [1.82, 2.24) is 4.98 Å². The van der Waals surface area contributed by atoms with E-state index in [0.29, 0.717) is 10.0 Å². The zero-order valence-electron chi connectivity index (χ0n) is 14.3. The number of ether oxygens (including phenoxy) is 2. The highest BCUT2D eigenvalue weighted by atomic mass is 35.5. The fourth-order valence-electron chi connectivity index (χ4n) is 2.37. The van der Waals surface area contributed by atoms with Gasteiger partial charge in [-0.25, -0.2) is 4.98 Å². The van der Waals surface area contributed by atoms with Gasteiger partial charge in [0.1, 0.15) is 11.5 Å². The molecule has 0 unspecified atom stereocenters. The molecule has 3 aromatic rings. The molecule has 0 saturated heterocycles. The van der Waals surface area contributed by atoms with Gasteiger partial charge >= 0.3 is 0 Å². The summed E-state index contributed by atoms with van der Waals surface area (Å²) in [5, 5.41) is 4.28. The van der Waals surface area contributed by atoms with E-state index in [1.165, 1.54) is 0 Å². The monoisotopic (exact) mass is 425 g/mol. The summed E-state index contributed by atoms with van der Waals surface area (Å²) >= 11 is 15.4.